The number of nitrogens with zero attached hydrogens (tertiary/aromatic N) is 2. The molecule has 128 valence electrons. The number of likely N-dealkylation sites (tertiary alicyclic amines) is 1. The van der Waals surface area contributed by atoms with Crippen LogP contribution in [0.2, 0.25) is 0 Å². The van der Waals surface area contributed by atoms with E-state index in [9.17, 15) is 14.4 Å². The second-order valence-corrected chi connectivity index (χ2v) is 7.00. The molecule has 1 atom stereocenters. The molecule has 2 heterocycles. The van der Waals surface area contributed by atoms with Crippen LogP contribution in [-0.2, 0) is 9.59 Å². The van der Waals surface area contributed by atoms with Crippen molar-refractivity contribution < 1.29 is 14.4 Å². The van der Waals surface area contributed by atoms with Crippen molar-refractivity contribution in [3.05, 3.63) is 0 Å². The Kier molecular flexibility index (Phi) is 5.18. The summed E-state index contributed by atoms with van der Waals surface area (Å²) in [5.41, 5.74) is 0. The summed E-state index contributed by atoms with van der Waals surface area (Å²) in [6.45, 7) is 1.31. The molecule has 3 rings (SSSR count). The number of imide groups is 1. The third-order valence-electron chi connectivity index (χ3n) is 5.52. The van der Waals surface area contributed by atoms with Crippen molar-refractivity contribution in [2.45, 2.75) is 63.8 Å². The Labute approximate surface area is 137 Å². The number of hydrogen-bond acceptors (Lipinski definition) is 3. The molecule has 23 heavy (non-hydrogen) atoms. The third kappa shape index (κ3) is 3.67. The zero-order chi connectivity index (χ0) is 16.2. The summed E-state index contributed by atoms with van der Waals surface area (Å²) in [6, 6.07) is 0.100. The molecule has 1 saturated carbocycles. The zero-order valence-electron chi connectivity index (χ0n) is 13.8. The molecule has 2 saturated heterocycles. The highest BCUT2D eigenvalue weighted by atomic mass is 16.2. The molecule has 0 aromatic heterocycles. The third-order valence-corrected chi connectivity index (χ3v) is 5.52. The number of rotatable bonds is 5. The lowest BCUT2D eigenvalue weighted by Crippen LogP contribution is -2.41. The average Bonchev–Trinajstić information content (AvgIpc) is 3.17. The van der Waals surface area contributed by atoms with Crippen LogP contribution in [0.3, 0.4) is 0 Å². The van der Waals surface area contributed by atoms with Crippen LogP contribution in [0.25, 0.3) is 0 Å². The van der Waals surface area contributed by atoms with E-state index in [0.29, 0.717) is 31.3 Å². The molecule has 0 radical (unpaired) electrons. The fourth-order valence-electron chi connectivity index (χ4n) is 4.32. The van der Waals surface area contributed by atoms with E-state index in [0.717, 1.165) is 19.4 Å². The van der Waals surface area contributed by atoms with E-state index in [4.69, 9.17) is 0 Å². The Hall–Kier alpha value is -1.59. The van der Waals surface area contributed by atoms with Crippen molar-refractivity contribution in [2.75, 3.05) is 19.6 Å². The second-order valence-electron chi connectivity index (χ2n) is 7.00. The monoisotopic (exact) mass is 321 g/mol. The predicted octanol–water partition coefficient (Wildman–Crippen LogP) is 1.89. The van der Waals surface area contributed by atoms with Crippen LogP contribution in [0.15, 0.2) is 0 Å². The van der Waals surface area contributed by atoms with Gasteiger partial charge < -0.3 is 10.2 Å². The van der Waals surface area contributed by atoms with E-state index < -0.39 is 0 Å². The molecule has 6 heteroatoms. The molecule has 2 aliphatic heterocycles. The lowest BCUT2D eigenvalue weighted by Gasteiger charge is -2.34. The van der Waals surface area contributed by atoms with Gasteiger partial charge in [0.15, 0.2) is 0 Å². The Morgan fingerprint density at radius 1 is 1.09 bits per heavy atom. The normalized spacial score (nSPS) is 26.0. The SMILES string of the molecule is O=C1CNC(=O)N1CCCC(=O)N1CCCC1C1CCCCC1. The van der Waals surface area contributed by atoms with Crippen molar-refractivity contribution in [1.29, 1.82) is 0 Å². The highest BCUT2D eigenvalue weighted by Gasteiger charge is 2.35. The van der Waals surface area contributed by atoms with Gasteiger partial charge in [0.1, 0.15) is 0 Å². The first-order chi connectivity index (χ1) is 11.2. The number of carbonyl (C=O) groups is 3. The van der Waals surface area contributed by atoms with E-state index in [-0.39, 0.29) is 24.4 Å². The quantitative estimate of drug-likeness (QED) is 0.786. The van der Waals surface area contributed by atoms with Gasteiger partial charge in [-0.05, 0) is 38.0 Å². The molecule has 1 aliphatic carbocycles. The number of amides is 4. The number of nitrogens with one attached hydrogen (secondary N) is 1. The first kappa shape index (κ1) is 16.3. The number of urea groups is 1. The smallest absolute Gasteiger partial charge is 0.324 e. The summed E-state index contributed by atoms with van der Waals surface area (Å²) < 4.78 is 0. The van der Waals surface area contributed by atoms with Gasteiger partial charge in [0, 0.05) is 25.6 Å². The minimum atomic E-state index is -0.330. The van der Waals surface area contributed by atoms with Gasteiger partial charge in [-0.15, -0.1) is 0 Å². The highest BCUT2D eigenvalue weighted by Crippen LogP contribution is 2.34. The lowest BCUT2D eigenvalue weighted by atomic mass is 9.83. The summed E-state index contributed by atoms with van der Waals surface area (Å²) in [5, 5.41) is 2.50. The number of hydrogen-bond donors (Lipinski definition) is 1. The first-order valence-electron chi connectivity index (χ1n) is 9.04. The molecular formula is C17H27N3O3. The van der Waals surface area contributed by atoms with E-state index in [1.165, 1.54) is 37.0 Å². The largest absolute Gasteiger partial charge is 0.339 e. The summed E-state index contributed by atoms with van der Waals surface area (Å²) in [7, 11) is 0. The van der Waals surface area contributed by atoms with E-state index in [1.807, 2.05) is 0 Å². The van der Waals surface area contributed by atoms with Gasteiger partial charge >= 0.3 is 6.03 Å². The van der Waals surface area contributed by atoms with Crippen molar-refractivity contribution in [2.24, 2.45) is 5.92 Å². The molecule has 0 aromatic carbocycles. The van der Waals surface area contributed by atoms with E-state index >= 15 is 0 Å². The molecular weight excluding hydrogens is 294 g/mol. The van der Waals surface area contributed by atoms with Gasteiger partial charge in [-0.2, -0.15) is 0 Å². The summed E-state index contributed by atoms with van der Waals surface area (Å²) in [6.07, 6.45) is 9.71. The van der Waals surface area contributed by atoms with Gasteiger partial charge in [-0.3, -0.25) is 14.5 Å². The van der Waals surface area contributed by atoms with Crippen LogP contribution in [0, 0.1) is 5.92 Å². The molecule has 6 nitrogen and oxygen atoms in total. The molecule has 4 amide bonds. The fourth-order valence-corrected chi connectivity index (χ4v) is 4.32. The standard InChI is InChI=1S/C17H27N3O3/c21-15(9-5-11-20-16(22)12-18-17(20)23)19-10-4-8-14(19)13-6-2-1-3-7-13/h13-14H,1-12H2,(H,18,23). The van der Waals surface area contributed by atoms with Gasteiger partial charge in [0.25, 0.3) is 0 Å². The topological polar surface area (TPSA) is 69.7 Å². The molecule has 1 N–H and O–H groups in total. The van der Waals surface area contributed by atoms with E-state index in [1.54, 1.807) is 0 Å². The maximum absolute atomic E-state index is 12.6. The molecule has 3 fully saturated rings. The Morgan fingerprint density at radius 3 is 2.57 bits per heavy atom. The van der Waals surface area contributed by atoms with Gasteiger partial charge in [0.05, 0.1) is 6.54 Å². The predicted molar refractivity (Wildman–Crippen MR) is 85.7 cm³/mol. The van der Waals surface area contributed by atoms with Crippen molar-refractivity contribution >= 4 is 17.8 Å². The molecule has 0 spiro atoms. The zero-order valence-corrected chi connectivity index (χ0v) is 13.8. The van der Waals surface area contributed by atoms with Crippen molar-refractivity contribution in [3.8, 4) is 0 Å². The average molecular weight is 321 g/mol. The first-order valence-corrected chi connectivity index (χ1v) is 9.04. The van der Waals surface area contributed by atoms with Crippen LogP contribution >= 0.6 is 0 Å². The molecule has 1 unspecified atom stereocenters. The van der Waals surface area contributed by atoms with Gasteiger partial charge in [0.2, 0.25) is 11.8 Å². The maximum atomic E-state index is 12.6. The van der Waals surface area contributed by atoms with Crippen LogP contribution in [0.5, 0.6) is 0 Å². The summed E-state index contributed by atoms with van der Waals surface area (Å²) in [5.74, 6) is 0.690. The fraction of sp³-hybridized carbons (Fsp3) is 0.824. The van der Waals surface area contributed by atoms with Crippen LogP contribution in [-0.4, -0.2) is 53.3 Å². The molecule has 3 aliphatic rings. The van der Waals surface area contributed by atoms with Crippen molar-refractivity contribution in [1.82, 2.24) is 15.1 Å². The van der Waals surface area contributed by atoms with Gasteiger partial charge in [-0.1, -0.05) is 19.3 Å². The van der Waals surface area contributed by atoms with Crippen LogP contribution < -0.4 is 5.32 Å². The second kappa shape index (κ2) is 7.32. The van der Waals surface area contributed by atoms with Crippen molar-refractivity contribution in [3.63, 3.8) is 0 Å². The summed E-state index contributed by atoms with van der Waals surface area (Å²) in [4.78, 5) is 38.9. The summed E-state index contributed by atoms with van der Waals surface area (Å²) >= 11 is 0. The van der Waals surface area contributed by atoms with Crippen LogP contribution in [0.4, 0.5) is 4.79 Å². The minimum Gasteiger partial charge on any atom is -0.339 e. The van der Waals surface area contributed by atoms with Crippen LogP contribution in [0.1, 0.15) is 57.8 Å². The lowest BCUT2D eigenvalue weighted by molar-refractivity contribution is -0.134. The minimum absolute atomic E-state index is 0.0860. The molecule has 0 bridgehead atoms. The Bertz CT molecular complexity index is 458. The van der Waals surface area contributed by atoms with E-state index in [2.05, 4.69) is 10.2 Å². The molecule has 0 aromatic rings. The Balaban J connectivity index is 1.47. The maximum Gasteiger partial charge on any atom is 0.324 e. The Morgan fingerprint density at radius 2 is 1.87 bits per heavy atom. The van der Waals surface area contributed by atoms with Gasteiger partial charge in [-0.25, -0.2) is 4.79 Å². The highest BCUT2D eigenvalue weighted by molar-refractivity contribution is 6.01. The number of carbonyl (C=O) groups excluding carboxylic acids is 3.